The molecule has 3 amide bonds. The van der Waals surface area contributed by atoms with Crippen molar-refractivity contribution in [2.75, 3.05) is 18.4 Å². The van der Waals surface area contributed by atoms with Crippen LogP contribution in [0.4, 0.5) is 5.69 Å². The summed E-state index contributed by atoms with van der Waals surface area (Å²) in [6, 6.07) is 6.35. The number of hydrogen-bond donors (Lipinski definition) is 2. The van der Waals surface area contributed by atoms with E-state index in [1.807, 2.05) is 0 Å². The molecule has 1 aromatic carbocycles. The summed E-state index contributed by atoms with van der Waals surface area (Å²) in [6.07, 6.45) is 1.80. The molecule has 21 heavy (non-hydrogen) atoms. The van der Waals surface area contributed by atoms with Gasteiger partial charge in [-0.05, 0) is 30.9 Å². The molecule has 0 bridgehead atoms. The van der Waals surface area contributed by atoms with E-state index in [0.29, 0.717) is 19.0 Å². The molecule has 3 N–H and O–H groups in total. The fourth-order valence-electron chi connectivity index (χ4n) is 2.34. The summed E-state index contributed by atoms with van der Waals surface area (Å²) in [5.74, 6) is -1.38. The summed E-state index contributed by atoms with van der Waals surface area (Å²) in [5, 5.41) is 2.47. The Morgan fingerprint density at radius 1 is 1.19 bits per heavy atom. The van der Waals surface area contributed by atoms with Crippen LogP contribution in [0.1, 0.15) is 30.1 Å². The highest BCUT2D eigenvalue weighted by atomic mass is 16.2. The molecule has 0 aliphatic carbocycles. The lowest BCUT2D eigenvalue weighted by atomic mass is 9.99. The quantitative estimate of drug-likeness (QED) is 0.795. The van der Waals surface area contributed by atoms with Crippen molar-refractivity contribution in [1.29, 1.82) is 0 Å². The van der Waals surface area contributed by atoms with Gasteiger partial charge in [-0.15, -0.1) is 0 Å². The van der Waals surface area contributed by atoms with Crippen molar-refractivity contribution < 1.29 is 14.4 Å². The van der Waals surface area contributed by atoms with Gasteiger partial charge in [0, 0.05) is 13.1 Å². The number of nitrogens with zero attached hydrogens (tertiary/aromatic N) is 1. The first-order valence-corrected chi connectivity index (χ1v) is 6.98. The number of piperidine rings is 1. The number of primary amides is 1. The van der Waals surface area contributed by atoms with Crippen molar-refractivity contribution in [3.63, 3.8) is 0 Å². The largest absolute Gasteiger partial charge is 0.366 e. The zero-order valence-corrected chi connectivity index (χ0v) is 12.0. The second kappa shape index (κ2) is 6.39. The highest BCUT2D eigenvalue weighted by Gasteiger charge is 2.26. The van der Waals surface area contributed by atoms with Gasteiger partial charge in [-0.25, -0.2) is 0 Å². The lowest BCUT2D eigenvalue weighted by molar-refractivity contribution is -0.144. The van der Waals surface area contributed by atoms with E-state index < -0.39 is 17.7 Å². The monoisotopic (exact) mass is 289 g/mol. The Morgan fingerprint density at radius 2 is 1.81 bits per heavy atom. The number of benzene rings is 1. The molecule has 1 fully saturated rings. The minimum Gasteiger partial charge on any atom is -0.366 e. The maximum Gasteiger partial charge on any atom is 0.313 e. The summed E-state index contributed by atoms with van der Waals surface area (Å²) >= 11 is 0. The number of carbonyl (C=O) groups is 3. The van der Waals surface area contributed by atoms with E-state index in [1.165, 1.54) is 6.07 Å². The molecule has 1 saturated heterocycles. The standard InChI is InChI=1S/C15H19N3O3/c1-10-6-8-18(9-7-10)15(21)14(20)17-12-5-3-2-4-11(12)13(16)19/h2-5,10H,6-9H2,1H3,(H2,16,19)(H,17,20). The molecule has 1 aliphatic rings. The minimum absolute atomic E-state index is 0.186. The molecule has 1 heterocycles. The number of hydrogen-bond acceptors (Lipinski definition) is 3. The topological polar surface area (TPSA) is 92.5 Å². The lowest BCUT2D eigenvalue weighted by Crippen LogP contribution is -2.44. The zero-order valence-electron chi connectivity index (χ0n) is 12.0. The number of anilines is 1. The third kappa shape index (κ3) is 3.59. The van der Waals surface area contributed by atoms with E-state index in [9.17, 15) is 14.4 Å². The number of carbonyl (C=O) groups excluding carboxylic acids is 3. The van der Waals surface area contributed by atoms with Crippen LogP contribution in [0.5, 0.6) is 0 Å². The number of nitrogens with one attached hydrogen (secondary N) is 1. The molecule has 0 unspecified atom stereocenters. The molecule has 0 radical (unpaired) electrons. The van der Waals surface area contributed by atoms with Crippen LogP contribution in [0, 0.1) is 5.92 Å². The number of rotatable bonds is 2. The minimum atomic E-state index is -0.738. The molecular formula is C15H19N3O3. The first-order chi connectivity index (χ1) is 9.99. The van der Waals surface area contributed by atoms with Gasteiger partial charge in [-0.3, -0.25) is 14.4 Å². The molecule has 6 heteroatoms. The van der Waals surface area contributed by atoms with Gasteiger partial charge >= 0.3 is 11.8 Å². The number of nitrogens with two attached hydrogens (primary N) is 1. The molecule has 1 aliphatic heterocycles. The second-order valence-corrected chi connectivity index (χ2v) is 5.34. The first-order valence-electron chi connectivity index (χ1n) is 6.98. The fourth-order valence-corrected chi connectivity index (χ4v) is 2.34. The average Bonchev–Trinajstić information content (AvgIpc) is 2.47. The van der Waals surface area contributed by atoms with E-state index in [1.54, 1.807) is 23.1 Å². The lowest BCUT2D eigenvalue weighted by Gasteiger charge is -2.29. The van der Waals surface area contributed by atoms with Crippen LogP contribution < -0.4 is 11.1 Å². The maximum atomic E-state index is 12.1. The van der Waals surface area contributed by atoms with Gasteiger partial charge in [-0.1, -0.05) is 19.1 Å². The highest BCUT2D eigenvalue weighted by molar-refractivity contribution is 6.39. The van der Waals surface area contributed by atoms with Crippen LogP contribution in [0.15, 0.2) is 24.3 Å². The average molecular weight is 289 g/mol. The number of amides is 3. The van der Waals surface area contributed by atoms with Gasteiger partial charge in [-0.2, -0.15) is 0 Å². The summed E-state index contributed by atoms with van der Waals surface area (Å²) in [4.78, 5) is 36.9. The second-order valence-electron chi connectivity index (χ2n) is 5.34. The fraction of sp³-hybridized carbons (Fsp3) is 0.400. The predicted molar refractivity (Wildman–Crippen MR) is 78.6 cm³/mol. The van der Waals surface area contributed by atoms with Crippen LogP contribution >= 0.6 is 0 Å². The van der Waals surface area contributed by atoms with E-state index in [0.717, 1.165) is 12.8 Å². The Bertz CT molecular complexity index is 563. The molecule has 0 spiro atoms. The summed E-state index contributed by atoms with van der Waals surface area (Å²) in [6.45, 7) is 3.31. The van der Waals surface area contributed by atoms with Crippen LogP contribution in [-0.4, -0.2) is 35.7 Å². The van der Waals surface area contributed by atoms with Gasteiger partial charge in [0.25, 0.3) is 5.91 Å². The number of para-hydroxylation sites is 1. The normalized spacial score (nSPS) is 15.6. The Labute approximate surface area is 123 Å². The van der Waals surface area contributed by atoms with E-state index in [-0.39, 0.29) is 11.3 Å². The Balaban J connectivity index is 2.04. The highest BCUT2D eigenvalue weighted by Crippen LogP contribution is 2.17. The predicted octanol–water partition coefficient (Wildman–Crippen LogP) is 0.983. The van der Waals surface area contributed by atoms with E-state index >= 15 is 0 Å². The third-order valence-electron chi connectivity index (χ3n) is 3.71. The maximum absolute atomic E-state index is 12.1. The van der Waals surface area contributed by atoms with Crippen molar-refractivity contribution in [1.82, 2.24) is 4.90 Å². The van der Waals surface area contributed by atoms with Crippen LogP contribution in [0.25, 0.3) is 0 Å². The van der Waals surface area contributed by atoms with Gasteiger partial charge in [0.2, 0.25) is 0 Å². The summed E-state index contributed by atoms with van der Waals surface area (Å²) in [7, 11) is 0. The number of likely N-dealkylation sites (tertiary alicyclic amines) is 1. The van der Waals surface area contributed by atoms with Gasteiger partial charge in [0.1, 0.15) is 0 Å². The molecule has 0 aromatic heterocycles. The van der Waals surface area contributed by atoms with Crippen LogP contribution in [0.3, 0.4) is 0 Å². The van der Waals surface area contributed by atoms with Gasteiger partial charge in [0.05, 0.1) is 11.3 Å². The van der Waals surface area contributed by atoms with Crippen molar-refractivity contribution >= 4 is 23.4 Å². The Morgan fingerprint density at radius 3 is 2.43 bits per heavy atom. The van der Waals surface area contributed by atoms with Crippen LogP contribution in [0.2, 0.25) is 0 Å². The summed E-state index contributed by atoms with van der Waals surface area (Å²) in [5.41, 5.74) is 5.68. The van der Waals surface area contributed by atoms with E-state index in [2.05, 4.69) is 12.2 Å². The molecule has 6 nitrogen and oxygen atoms in total. The first kappa shape index (κ1) is 15.0. The molecule has 0 atom stereocenters. The summed E-state index contributed by atoms with van der Waals surface area (Å²) < 4.78 is 0. The van der Waals surface area contributed by atoms with Crippen molar-refractivity contribution in [2.45, 2.75) is 19.8 Å². The third-order valence-corrected chi connectivity index (χ3v) is 3.71. The molecule has 2 rings (SSSR count). The molecule has 112 valence electrons. The van der Waals surface area contributed by atoms with E-state index in [4.69, 9.17) is 5.73 Å². The SMILES string of the molecule is CC1CCN(C(=O)C(=O)Nc2ccccc2C(N)=O)CC1. The Hall–Kier alpha value is -2.37. The molecule has 1 aromatic rings. The van der Waals surface area contributed by atoms with Crippen LogP contribution in [-0.2, 0) is 9.59 Å². The van der Waals surface area contributed by atoms with Crippen molar-refractivity contribution in [3.8, 4) is 0 Å². The Kier molecular flexibility index (Phi) is 4.57. The molecule has 0 saturated carbocycles. The van der Waals surface area contributed by atoms with Crippen molar-refractivity contribution in [3.05, 3.63) is 29.8 Å². The zero-order chi connectivity index (χ0) is 15.4. The van der Waals surface area contributed by atoms with Gasteiger partial charge < -0.3 is 16.0 Å². The molecular weight excluding hydrogens is 270 g/mol. The van der Waals surface area contributed by atoms with Gasteiger partial charge in [0.15, 0.2) is 0 Å². The van der Waals surface area contributed by atoms with Crippen molar-refractivity contribution in [2.24, 2.45) is 11.7 Å². The smallest absolute Gasteiger partial charge is 0.313 e.